The third kappa shape index (κ3) is 3.68. The first-order chi connectivity index (χ1) is 13.1. The molecule has 0 fully saturated rings. The molecule has 4 rings (SSSR count). The van der Waals surface area contributed by atoms with Crippen LogP contribution in [0.15, 0.2) is 39.8 Å². The summed E-state index contributed by atoms with van der Waals surface area (Å²) in [6.07, 6.45) is 0. The maximum atomic E-state index is 12.1. The van der Waals surface area contributed by atoms with E-state index in [1.54, 1.807) is 19.1 Å². The average Bonchev–Trinajstić information content (AvgIpc) is 3.08. The second-order valence-electron chi connectivity index (χ2n) is 5.96. The van der Waals surface area contributed by atoms with E-state index in [0.717, 1.165) is 15.7 Å². The number of hydrogen-bond donors (Lipinski definition) is 1. The summed E-state index contributed by atoms with van der Waals surface area (Å²) >= 11 is 1.29. The van der Waals surface area contributed by atoms with E-state index in [9.17, 15) is 10.1 Å². The summed E-state index contributed by atoms with van der Waals surface area (Å²) in [4.78, 5) is 12.8. The number of carbonyl (C=O) groups is 1. The molecule has 0 radical (unpaired) electrons. The van der Waals surface area contributed by atoms with Gasteiger partial charge in [0.1, 0.15) is 25.0 Å². The van der Waals surface area contributed by atoms with E-state index in [1.807, 2.05) is 18.2 Å². The molecule has 0 saturated heterocycles. The standard InChI is InChI=1S/C19H15N3O4S/c1-11-4-18(22-26-11)21-19(23)10-27-17-8-13-7-16-15(24-2-3-25-16)6-12(13)5-14(17)9-20/h4-8H,2-3,10H2,1H3,(H,21,22,23). The molecule has 1 aliphatic rings. The largest absolute Gasteiger partial charge is 0.486 e. The molecule has 1 aliphatic heterocycles. The quantitative estimate of drug-likeness (QED) is 0.691. The fraction of sp³-hybridized carbons (Fsp3) is 0.211. The van der Waals surface area contributed by atoms with E-state index in [1.165, 1.54) is 11.8 Å². The highest BCUT2D eigenvalue weighted by Gasteiger charge is 2.15. The Balaban J connectivity index is 1.55. The maximum absolute atomic E-state index is 12.1. The zero-order valence-electron chi connectivity index (χ0n) is 14.4. The zero-order chi connectivity index (χ0) is 18.8. The molecule has 0 spiro atoms. The normalized spacial score (nSPS) is 12.6. The number of carbonyl (C=O) groups excluding carboxylic acids is 1. The summed E-state index contributed by atoms with van der Waals surface area (Å²) in [7, 11) is 0. The van der Waals surface area contributed by atoms with Gasteiger partial charge in [0.05, 0.1) is 11.3 Å². The van der Waals surface area contributed by atoms with Crippen molar-refractivity contribution < 1.29 is 18.8 Å². The number of aromatic nitrogens is 1. The summed E-state index contributed by atoms with van der Waals surface area (Å²) in [5.41, 5.74) is 0.509. The predicted molar refractivity (Wildman–Crippen MR) is 100 cm³/mol. The van der Waals surface area contributed by atoms with Gasteiger partial charge >= 0.3 is 0 Å². The first-order valence-corrected chi connectivity index (χ1v) is 9.24. The lowest BCUT2D eigenvalue weighted by molar-refractivity contribution is -0.113. The molecule has 136 valence electrons. The Morgan fingerprint density at radius 3 is 2.52 bits per heavy atom. The summed E-state index contributed by atoms with van der Waals surface area (Å²) in [5, 5.41) is 17.7. The SMILES string of the molecule is Cc1cc(NC(=O)CSc2cc3cc4c(cc3cc2C#N)OCCO4)no1. The summed E-state index contributed by atoms with van der Waals surface area (Å²) in [6.45, 7) is 2.77. The molecule has 2 aromatic carbocycles. The maximum Gasteiger partial charge on any atom is 0.235 e. The van der Waals surface area contributed by atoms with Crippen molar-refractivity contribution in [1.82, 2.24) is 5.16 Å². The molecule has 27 heavy (non-hydrogen) atoms. The Hall–Kier alpha value is -3.18. The Morgan fingerprint density at radius 1 is 1.19 bits per heavy atom. The minimum atomic E-state index is -0.223. The van der Waals surface area contributed by atoms with Crippen LogP contribution in [0.5, 0.6) is 11.5 Å². The Morgan fingerprint density at radius 2 is 1.89 bits per heavy atom. The van der Waals surface area contributed by atoms with Crippen LogP contribution in [0, 0.1) is 18.3 Å². The van der Waals surface area contributed by atoms with E-state index in [2.05, 4.69) is 16.5 Å². The topological polar surface area (TPSA) is 97.4 Å². The van der Waals surface area contributed by atoms with Gasteiger partial charge in [-0.05, 0) is 42.0 Å². The van der Waals surface area contributed by atoms with Crippen molar-refractivity contribution in [2.75, 3.05) is 24.3 Å². The van der Waals surface area contributed by atoms with Crippen LogP contribution in [0.25, 0.3) is 10.8 Å². The van der Waals surface area contributed by atoms with Crippen molar-refractivity contribution in [3.63, 3.8) is 0 Å². The van der Waals surface area contributed by atoms with Gasteiger partial charge in [0.2, 0.25) is 5.91 Å². The highest BCUT2D eigenvalue weighted by Crippen LogP contribution is 2.37. The van der Waals surface area contributed by atoms with E-state index in [0.29, 0.717) is 41.9 Å². The molecule has 0 atom stereocenters. The number of rotatable bonds is 4. The van der Waals surface area contributed by atoms with Gasteiger partial charge in [-0.3, -0.25) is 4.79 Å². The van der Waals surface area contributed by atoms with E-state index in [4.69, 9.17) is 14.0 Å². The van der Waals surface area contributed by atoms with Crippen LogP contribution in [-0.4, -0.2) is 30.0 Å². The van der Waals surface area contributed by atoms with Crippen molar-refractivity contribution in [3.05, 3.63) is 41.7 Å². The van der Waals surface area contributed by atoms with Crippen LogP contribution in [-0.2, 0) is 4.79 Å². The number of thioether (sulfide) groups is 1. The molecule has 0 saturated carbocycles. The number of anilines is 1. The number of amides is 1. The highest BCUT2D eigenvalue weighted by atomic mass is 32.2. The second-order valence-corrected chi connectivity index (χ2v) is 6.98. The molecule has 0 aliphatic carbocycles. The molecule has 0 bridgehead atoms. The Kier molecular flexibility index (Phi) is 4.60. The molecule has 0 unspecified atom stereocenters. The third-order valence-electron chi connectivity index (χ3n) is 3.97. The van der Waals surface area contributed by atoms with Crippen LogP contribution >= 0.6 is 11.8 Å². The average molecular weight is 381 g/mol. The van der Waals surface area contributed by atoms with Crippen molar-refractivity contribution in [1.29, 1.82) is 5.26 Å². The van der Waals surface area contributed by atoms with Crippen LogP contribution in [0.2, 0.25) is 0 Å². The molecule has 7 nitrogen and oxygen atoms in total. The molecule has 1 aromatic heterocycles. The number of nitrogens with zero attached hydrogens (tertiary/aromatic N) is 2. The van der Waals surface area contributed by atoms with Crippen LogP contribution in [0.4, 0.5) is 5.82 Å². The second kappa shape index (κ2) is 7.21. The van der Waals surface area contributed by atoms with Crippen LogP contribution in [0.1, 0.15) is 11.3 Å². The molecule has 1 N–H and O–H groups in total. The van der Waals surface area contributed by atoms with Gasteiger partial charge in [-0.15, -0.1) is 11.8 Å². The van der Waals surface area contributed by atoms with E-state index < -0.39 is 0 Å². The lowest BCUT2D eigenvalue weighted by Gasteiger charge is -2.19. The lowest BCUT2D eigenvalue weighted by Crippen LogP contribution is -2.15. The third-order valence-corrected chi connectivity index (χ3v) is 5.03. The van der Waals surface area contributed by atoms with Gasteiger partial charge in [-0.2, -0.15) is 5.26 Å². The fourth-order valence-electron chi connectivity index (χ4n) is 2.77. The Bertz CT molecular complexity index is 1070. The van der Waals surface area contributed by atoms with E-state index >= 15 is 0 Å². The van der Waals surface area contributed by atoms with Crippen molar-refractivity contribution in [3.8, 4) is 17.6 Å². The molecule has 3 aromatic rings. The molecule has 2 heterocycles. The van der Waals surface area contributed by atoms with Gasteiger partial charge in [0, 0.05) is 11.0 Å². The van der Waals surface area contributed by atoms with Crippen LogP contribution < -0.4 is 14.8 Å². The number of hydrogen-bond acceptors (Lipinski definition) is 7. The van der Waals surface area contributed by atoms with E-state index in [-0.39, 0.29) is 11.7 Å². The van der Waals surface area contributed by atoms with Crippen molar-refractivity contribution in [2.45, 2.75) is 11.8 Å². The van der Waals surface area contributed by atoms with Crippen LogP contribution in [0.3, 0.4) is 0 Å². The lowest BCUT2D eigenvalue weighted by atomic mass is 10.1. The predicted octanol–water partition coefficient (Wildman–Crippen LogP) is 3.51. The zero-order valence-corrected chi connectivity index (χ0v) is 15.3. The first kappa shape index (κ1) is 17.2. The molecule has 1 amide bonds. The fourth-order valence-corrected chi connectivity index (χ4v) is 3.60. The first-order valence-electron chi connectivity index (χ1n) is 8.26. The summed E-state index contributed by atoms with van der Waals surface area (Å²) in [6, 6.07) is 11.3. The number of aryl methyl sites for hydroxylation is 1. The Labute approximate surface area is 159 Å². The van der Waals surface area contributed by atoms with Gasteiger partial charge in [0.25, 0.3) is 0 Å². The number of ether oxygens (including phenoxy) is 2. The van der Waals surface area contributed by atoms with Gasteiger partial charge in [0.15, 0.2) is 17.3 Å². The monoisotopic (exact) mass is 381 g/mol. The number of nitriles is 1. The molecular weight excluding hydrogens is 366 g/mol. The minimum Gasteiger partial charge on any atom is -0.486 e. The molecular formula is C19H15N3O4S. The highest BCUT2D eigenvalue weighted by molar-refractivity contribution is 8.00. The van der Waals surface area contributed by atoms with Gasteiger partial charge in [-0.25, -0.2) is 0 Å². The number of nitrogens with one attached hydrogen (secondary N) is 1. The number of fused-ring (bicyclic) bond motifs is 2. The summed E-state index contributed by atoms with van der Waals surface area (Å²) in [5.74, 6) is 2.29. The minimum absolute atomic E-state index is 0.149. The van der Waals surface area contributed by atoms with Gasteiger partial charge < -0.3 is 19.3 Å². The van der Waals surface area contributed by atoms with Crippen molar-refractivity contribution in [2.24, 2.45) is 0 Å². The smallest absolute Gasteiger partial charge is 0.235 e. The summed E-state index contributed by atoms with van der Waals surface area (Å²) < 4.78 is 16.1. The van der Waals surface area contributed by atoms with Crippen molar-refractivity contribution >= 4 is 34.3 Å². The molecule has 8 heteroatoms. The number of benzene rings is 2. The van der Waals surface area contributed by atoms with Gasteiger partial charge in [-0.1, -0.05) is 5.16 Å².